The number of fused-ring (bicyclic) bond motifs is 5. The predicted octanol–water partition coefficient (Wildman–Crippen LogP) is 9.23. The molecule has 0 unspecified atom stereocenters. The van der Waals surface area contributed by atoms with Gasteiger partial charge in [0.2, 0.25) is 0 Å². The van der Waals surface area contributed by atoms with E-state index >= 15 is 0 Å². The van der Waals surface area contributed by atoms with Gasteiger partial charge >= 0.3 is 0 Å². The fourth-order valence-corrected chi connectivity index (χ4v) is 6.60. The van der Waals surface area contributed by atoms with E-state index in [9.17, 15) is 0 Å². The average molecular weight is 400 g/mol. The molecule has 0 fully saturated rings. The van der Waals surface area contributed by atoms with Gasteiger partial charge in [-0.2, -0.15) is 0 Å². The van der Waals surface area contributed by atoms with Crippen LogP contribution in [0.4, 0.5) is 0 Å². The molecular weight excluding hydrogens is 384 g/mol. The molecular formula is C32H16. The van der Waals surface area contributed by atoms with Crippen LogP contribution in [0.25, 0.3) is 86.2 Å². The molecule has 0 heteroatoms. The Morgan fingerprint density at radius 2 is 0.625 bits per heavy atom. The summed E-state index contributed by atoms with van der Waals surface area (Å²) in [5, 5.41) is 22.1. The number of benzene rings is 9. The van der Waals surface area contributed by atoms with Crippen LogP contribution in [0, 0.1) is 0 Å². The summed E-state index contributed by atoms with van der Waals surface area (Å²) >= 11 is 0. The summed E-state index contributed by atoms with van der Waals surface area (Å²) in [6.45, 7) is 0. The first-order chi connectivity index (χ1) is 15.9. The average Bonchev–Trinajstić information content (AvgIpc) is 2.86. The monoisotopic (exact) mass is 400 g/mol. The first kappa shape index (κ1) is 15.6. The fraction of sp³-hybridized carbons (Fsp3) is 0. The SMILES string of the molecule is c1ccc2c(c1)ccc1c3ccc4ccc5ccc6ccc7ccc(c21)c1c7c6c5c4c31. The van der Waals surface area contributed by atoms with Crippen molar-refractivity contribution in [3.05, 3.63) is 97.1 Å². The molecule has 144 valence electrons. The zero-order valence-electron chi connectivity index (χ0n) is 17.2. The van der Waals surface area contributed by atoms with Crippen LogP contribution in [-0.2, 0) is 0 Å². The van der Waals surface area contributed by atoms with Crippen LogP contribution in [-0.4, -0.2) is 0 Å². The molecule has 0 N–H and O–H groups in total. The minimum absolute atomic E-state index is 1.31. The summed E-state index contributed by atoms with van der Waals surface area (Å²) in [5.74, 6) is 0. The van der Waals surface area contributed by atoms with Gasteiger partial charge in [0.05, 0.1) is 0 Å². The third-order valence-corrected chi connectivity index (χ3v) is 7.87. The van der Waals surface area contributed by atoms with Crippen molar-refractivity contribution in [2.75, 3.05) is 0 Å². The van der Waals surface area contributed by atoms with Gasteiger partial charge < -0.3 is 0 Å². The van der Waals surface area contributed by atoms with Crippen LogP contribution in [0.3, 0.4) is 0 Å². The van der Waals surface area contributed by atoms with Crippen LogP contribution < -0.4 is 0 Å². The first-order valence-corrected chi connectivity index (χ1v) is 11.3. The first-order valence-electron chi connectivity index (χ1n) is 11.3. The topological polar surface area (TPSA) is 0 Å². The molecule has 9 aromatic carbocycles. The second-order valence-corrected chi connectivity index (χ2v) is 9.27. The van der Waals surface area contributed by atoms with E-state index in [2.05, 4.69) is 97.1 Å². The van der Waals surface area contributed by atoms with Crippen molar-refractivity contribution in [3.8, 4) is 0 Å². The molecule has 0 bridgehead atoms. The van der Waals surface area contributed by atoms with E-state index in [1.807, 2.05) is 0 Å². The standard InChI is InChI=1S/C32H16/c1-2-4-22-17(3-1)11-14-23-24-15-12-20-9-7-18-5-6-19-8-10-21-13-16-25(30(22)23)32-29(21)27(19)26(18)28(20)31(24)32/h1-16H. The van der Waals surface area contributed by atoms with Crippen LogP contribution in [0.2, 0.25) is 0 Å². The maximum Gasteiger partial charge on any atom is -0.000719 e. The van der Waals surface area contributed by atoms with Gasteiger partial charge in [-0.15, -0.1) is 0 Å². The van der Waals surface area contributed by atoms with E-state index in [4.69, 9.17) is 0 Å². The molecule has 0 aliphatic heterocycles. The lowest BCUT2D eigenvalue weighted by molar-refractivity contribution is 1.79. The largest absolute Gasteiger partial charge is 0.0616 e. The highest BCUT2D eigenvalue weighted by molar-refractivity contribution is 6.49. The van der Waals surface area contributed by atoms with Gasteiger partial charge in [-0.1, -0.05) is 97.1 Å². The van der Waals surface area contributed by atoms with Crippen molar-refractivity contribution in [2.24, 2.45) is 0 Å². The Bertz CT molecular complexity index is 2170. The van der Waals surface area contributed by atoms with Crippen molar-refractivity contribution in [1.29, 1.82) is 0 Å². The smallest absolute Gasteiger partial charge is 0.000719 e. The van der Waals surface area contributed by atoms with Gasteiger partial charge in [0.1, 0.15) is 0 Å². The molecule has 32 heavy (non-hydrogen) atoms. The van der Waals surface area contributed by atoms with E-state index in [0.29, 0.717) is 0 Å². The molecule has 9 rings (SSSR count). The van der Waals surface area contributed by atoms with Gasteiger partial charge in [0, 0.05) is 0 Å². The van der Waals surface area contributed by atoms with Crippen molar-refractivity contribution < 1.29 is 0 Å². The molecule has 0 aliphatic carbocycles. The summed E-state index contributed by atoms with van der Waals surface area (Å²) in [4.78, 5) is 0. The number of hydrogen-bond donors (Lipinski definition) is 0. The van der Waals surface area contributed by atoms with Gasteiger partial charge in [-0.05, 0) is 86.2 Å². The highest BCUT2D eigenvalue weighted by Gasteiger charge is 2.22. The van der Waals surface area contributed by atoms with Gasteiger partial charge in [0.25, 0.3) is 0 Å². The van der Waals surface area contributed by atoms with Crippen LogP contribution in [0.1, 0.15) is 0 Å². The lowest BCUT2D eigenvalue weighted by atomic mass is 9.80. The van der Waals surface area contributed by atoms with Gasteiger partial charge in [-0.25, -0.2) is 0 Å². The fourth-order valence-electron chi connectivity index (χ4n) is 6.60. The molecule has 9 aromatic rings. The van der Waals surface area contributed by atoms with Crippen LogP contribution in [0.15, 0.2) is 97.1 Å². The number of hydrogen-bond acceptors (Lipinski definition) is 0. The van der Waals surface area contributed by atoms with Crippen LogP contribution >= 0.6 is 0 Å². The third-order valence-electron chi connectivity index (χ3n) is 7.87. The molecule has 0 atom stereocenters. The van der Waals surface area contributed by atoms with E-state index in [1.54, 1.807) is 0 Å². The van der Waals surface area contributed by atoms with Crippen molar-refractivity contribution in [2.45, 2.75) is 0 Å². The Labute approximate surface area is 183 Å². The van der Waals surface area contributed by atoms with Crippen molar-refractivity contribution in [3.63, 3.8) is 0 Å². The minimum atomic E-state index is 1.31. The summed E-state index contributed by atoms with van der Waals surface area (Å²) in [5.41, 5.74) is 0. The zero-order chi connectivity index (χ0) is 20.6. The van der Waals surface area contributed by atoms with E-state index in [0.717, 1.165) is 0 Å². The molecule has 0 saturated heterocycles. The Morgan fingerprint density at radius 1 is 0.219 bits per heavy atom. The quantitative estimate of drug-likeness (QED) is 0.176. The lowest BCUT2D eigenvalue weighted by Crippen LogP contribution is -1.94. The maximum atomic E-state index is 2.37. The predicted molar refractivity (Wildman–Crippen MR) is 140 cm³/mol. The maximum absolute atomic E-state index is 2.37. The second-order valence-electron chi connectivity index (χ2n) is 9.27. The Hall–Kier alpha value is -4.16. The van der Waals surface area contributed by atoms with Gasteiger partial charge in [-0.3, -0.25) is 0 Å². The molecule has 0 radical (unpaired) electrons. The highest BCUT2D eigenvalue weighted by Crippen LogP contribution is 2.51. The highest BCUT2D eigenvalue weighted by atomic mass is 14.2. The Kier molecular flexibility index (Phi) is 2.44. The number of rotatable bonds is 0. The Balaban J connectivity index is 1.80. The minimum Gasteiger partial charge on any atom is -0.0616 e. The molecule has 0 saturated carbocycles. The molecule has 0 aromatic heterocycles. The molecule has 0 nitrogen and oxygen atoms in total. The van der Waals surface area contributed by atoms with E-state index in [-0.39, 0.29) is 0 Å². The van der Waals surface area contributed by atoms with Crippen LogP contribution in [0.5, 0.6) is 0 Å². The van der Waals surface area contributed by atoms with Gasteiger partial charge in [0.15, 0.2) is 0 Å². The molecule has 0 spiro atoms. The van der Waals surface area contributed by atoms with Crippen molar-refractivity contribution >= 4 is 86.2 Å². The summed E-state index contributed by atoms with van der Waals surface area (Å²) in [7, 11) is 0. The summed E-state index contributed by atoms with van der Waals surface area (Å²) < 4.78 is 0. The van der Waals surface area contributed by atoms with Crippen molar-refractivity contribution in [1.82, 2.24) is 0 Å². The molecule has 0 heterocycles. The molecule has 0 amide bonds. The third kappa shape index (κ3) is 1.57. The second kappa shape index (κ2) is 5.00. The summed E-state index contributed by atoms with van der Waals surface area (Å²) in [6, 6.07) is 36.6. The normalized spacial score (nSPS) is 13.0. The lowest BCUT2D eigenvalue weighted by Gasteiger charge is -2.22. The Morgan fingerprint density at radius 3 is 1.25 bits per heavy atom. The van der Waals surface area contributed by atoms with E-state index < -0.39 is 0 Å². The van der Waals surface area contributed by atoms with E-state index in [1.165, 1.54) is 86.2 Å². The zero-order valence-corrected chi connectivity index (χ0v) is 17.2. The molecule has 0 aliphatic rings. The summed E-state index contributed by atoms with van der Waals surface area (Å²) in [6.07, 6.45) is 0.